The topological polar surface area (TPSA) is 96.5 Å². The van der Waals surface area contributed by atoms with E-state index in [9.17, 15) is 14.0 Å². The van der Waals surface area contributed by atoms with Crippen molar-refractivity contribution in [2.45, 2.75) is 34.1 Å². The summed E-state index contributed by atoms with van der Waals surface area (Å²) in [5, 5.41) is 14.8. The molecule has 0 radical (unpaired) electrons. The third-order valence-corrected chi connectivity index (χ3v) is 4.52. The van der Waals surface area contributed by atoms with Crippen LogP contribution in [0.3, 0.4) is 0 Å². The maximum absolute atomic E-state index is 14.4. The molecule has 3 N–H and O–H groups in total. The molecule has 0 aliphatic rings. The fourth-order valence-electron chi connectivity index (χ4n) is 3.01. The second-order valence-electron chi connectivity index (χ2n) is 6.65. The minimum Gasteiger partial charge on any atom is -0.463 e. The molecular formula is C22H28FN3O4. The first-order valence-corrected chi connectivity index (χ1v) is 9.88. The average molecular weight is 417 g/mol. The number of amides is 1. The highest BCUT2D eigenvalue weighted by atomic mass is 19.1. The number of benzene rings is 1. The van der Waals surface area contributed by atoms with Gasteiger partial charge in [-0.05, 0) is 38.0 Å². The van der Waals surface area contributed by atoms with E-state index in [1.807, 2.05) is 13.8 Å². The number of pyridine rings is 1. The Morgan fingerprint density at radius 3 is 2.60 bits per heavy atom. The van der Waals surface area contributed by atoms with Gasteiger partial charge in [0.15, 0.2) is 5.58 Å². The van der Waals surface area contributed by atoms with Crippen LogP contribution in [0.4, 0.5) is 15.9 Å². The molecule has 0 aliphatic carbocycles. The molecule has 0 atom stereocenters. The van der Waals surface area contributed by atoms with Gasteiger partial charge in [0.2, 0.25) is 0 Å². The van der Waals surface area contributed by atoms with E-state index in [2.05, 4.69) is 10.6 Å². The van der Waals surface area contributed by atoms with Gasteiger partial charge in [-0.3, -0.25) is 14.2 Å². The zero-order valence-electron chi connectivity index (χ0n) is 17.9. The Hall–Kier alpha value is -3.13. The summed E-state index contributed by atoms with van der Waals surface area (Å²) in [4.78, 5) is 25.7. The van der Waals surface area contributed by atoms with Crippen LogP contribution < -0.4 is 16.2 Å². The first kappa shape index (κ1) is 23.2. The van der Waals surface area contributed by atoms with Gasteiger partial charge in [0.25, 0.3) is 11.5 Å². The van der Waals surface area contributed by atoms with Crippen LogP contribution in [0.5, 0.6) is 0 Å². The van der Waals surface area contributed by atoms with Crippen LogP contribution in [0.2, 0.25) is 0 Å². The SMILES string of the molecule is CC.Cc1ccc(Nc2c(C(=O)NCCCO)c3occ(C)c3c(=O)n2C)c(F)c1. The van der Waals surface area contributed by atoms with Gasteiger partial charge in [-0.1, -0.05) is 19.9 Å². The number of hydrogen-bond donors (Lipinski definition) is 3. The molecule has 0 spiro atoms. The van der Waals surface area contributed by atoms with E-state index in [1.165, 1.54) is 23.9 Å². The number of nitrogens with one attached hydrogen (secondary N) is 2. The van der Waals surface area contributed by atoms with Gasteiger partial charge in [-0.2, -0.15) is 0 Å². The van der Waals surface area contributed by atoms with Crippen LogP contribution in [0, 0.1) is 19.7 Å². The van der Waals surface area contributed by atoms with Gasteiger partial charge < -0.3 is 20.2 Å². The summed E-state index contributed by atoms with van der Waals surface area (Å²) in [6.07, 6.45) is 1.79. The molecule has 1 amide bonds. The third-order valence-electron chi connectivity index (χ3n) is 4.52. The normalized spacial score (nSPS) is 10.5. The highest BCUT2D eigenvalue weighted by Crippen LogP contribution is 2.29. The largest absolute Gasteiger partial charge is 0.463 e. The summed E-state index contributed by atoms with van der Waals surface area (Å²) in [6.45, 7) is 7.66. The van der Waals surface area contributed by atoms with E-state index < -0.39 is 11.7 Å². The number of aliphatic hydroxyl groups is 1. The van der Waals surface area contributed by atoms with Crippen molar-refractivity contribution in [3.05, 3.63) is 57.3 Å². The predicted molar refractivity (Wildman–Crippen MR) is 116 cm³/mol. The summed E-state index contributed by atoms with van der Waals surface area (Å²) < 4.78 is 21.1. The number of carbonyl (C=O) groups is 1. The van der Waals surface area contributed by atoms with E-state index in [1.54, 1.807) is 26.0 Å². The second kappa shape index (κ2) is 10.1. The van der Waals surface area contributed by atoms with Crippen LogP contribution >= 0.6 is 0 Å². The standard InChI is InChI=1S/C20H22FN3O4.C2H6/c1-11-5-6-14(13(21)9-11)23-18-16(19(26)22-7-4-8-25)17-15(12(2)10-28-17)20(27)24(18)3;1-2/h5-6,9-10,23,25H,4,7-8H2,1-3H3,(H,22,26);1-2H3. The van der Waals surface area contributed by atoms with Crippen LogP contribution in [-0.4, -0.2) is 28.7 Å². The number of carbonyl (C=O) groups excluding carboxylic acids is 1. The molecule has 1 aromatic carbocycles. The predicted octanol–water partition coefficient (Wildman–Crippen LogP) is 3.77. The second-order valence-corrected chi connectivity index (χ2v) is 6.65. The Bertz CT molecular complexity index is 1100. The van der Waals surface area contributed by atoms with Crippen LogP contribution in [-0.2, 0) is 7.05 Å². The lowest BCUT2D eigenvalue weighted by molar-refractivity contribution is 0.0952. The Balaban J connectivity index is 0.00000155. The van der Waals surface area contributed by atoms with Crippen molar-refractivity contribution in [2.24, 2.45) is 7.05 Å². The van der Waals surface area contributed by atoms with E-state index in [4.69, 9.17) is 9.52 Å². The van der Waals surface area contributed by atoms with Crippen molar-refractivity contribution in [3.8, 4) is 0 Å². The molecule has 7 nitrogen and oxygen atoms in total. The van der Waals surface area contributed by atoms with Gasteiger partial charge in [-0.25, -0.2) is 4.39 Å². The molecule has 0 saturated carbocycles. The fourth-order valence-corrected chi connectivity index (χ4v) is 3.01. The highest BCUT2D eigenvalue weighted by molar-refractivity contribution is 6.09. The number of aryl methyl sites for hydroxylation is 2. The number of halogens is 1. The first-order valence-electron chi connectivity index (χ1n) is 9.88. The molecule has 2 heterocycles. The minimum absolute atomic E-state index is 0.0670. The molecule has 0 aliphatic heterocycles. The number of nitrogens with zero attached hydrogens (tertiary/aromatic N) is 1. The monoisotopic (exact) mass is 417 g/mol. The van der Waals surface area contributed by atoms with Crippen molar-refractivity contribution in [3.63, 3.8) is 0 Å². The Morgan fingerprint density at radius 2 is 1.97 bits per heavy atom. The highest BCUT2D eigenvalue weighted by Gasteiger charge is 2.25. The number of rotatable bonds is 6. The van der Waals surface area contributed by atoms with E-state index in [-0.39, 0.29) is 41.4 Å². The third kappa shape index (κ3) is 4.54. The lowest BCUT2D eigenvalue weighted by Crippen LogP contribution is -2.30. The van der Waals surface area contributed by atoms with Crippen LogP contribution in [0.25, 0.3) is 11.0 Å². The molecule has 0 bridgehead atoms. The molecule has 0 unspecified atom stereocenters. The van der Waals surface area contributed by atoms with Crippen molar-refractivity contribution < 1.29 is 18.7 Å². The molecule has 3 aromatic rings. The fraction of sp³-hybridized carbons (Fsp3) is 0.364. The van der Waals surface area contributed by atoms with E-state index >= 15 is 0 Å². The lowest BCUT2D eigenvalue weighted by Gasteiger charge is -2.17. The Morgan fingerprint density at radius 1 is 1.27 bits per heavy atom. The molecule has 8 heteroatoms. The quantitative estimate of drug-likeness (QED) is 0.531. The maximum Gasteiger partial charge on any atom is 0.263 e. The summed E-state index contributed by atoms with van der Waals surface area (Å²) in [6, 6.07) is 4.62. The van der Waals surface area contributed by atoms with Crippen molar-refractivity contribution in [2.75, 3.05) is 18.5 Å². The molecule has 30 heavy (non-hydrogen) atoms. The first-order chi connectivity index (χ1) is 14.3. The zero-order chi connectivity index (χ0) is 22.4. The number of aliphatic hydroxyl groups excluding tert-OH is 1. The summed E-state index contributed by atoms with van der Waals surface area (Å²) in [7, 11) is 1.51. The van der Waals surface area contributed by atoms with Crippen LogP contribution in [0.1, 0.15) is 41.8 Å². The number of anilines is 2. The van der Waals surface area contributed by atoms with Gasteiger partial charge >= 0.3 is 0 Å². The van der Waals surface area contributed by atoms with Gasteiger partial charge in [0.1, 0.15) is 17.2 Å². The molecule has 2 aromatic heterocycles. The molecule has 162 valence electrons. The summed E-state index contributed by atoms with van der Waals surface area (Å²) >= 11 is 0. The number of hydrogen-bond acceptors (Lipinski definition) is 5. The summed E-state index contributed by atoms with van der Waals surface area (Å²) in [5.74, 6) is -0.871. The van der Waals surface area contributed by atoms with Crippen molar-refractivity contribution >= 4 is 28.4 Å². The smallest absolute Gasteiger partial charge is 0.263 e. The van der Waals surface area contributed by atoms with E-state index in [0.717, 1.165) is 5.56 Å². The minimum atomic E-state index is -0.505. The Kier molecular flexibility index (Phi) is 7.77. The zero-order valence-corrected chi connectivity index (χ0v) is 17.9. The van der Waals surface area contributed by atoms with Gasteiger partial charge in [0.05, 0.1) is 17.3 Å². The number of fused-ring (bicyclic) bond motifs is 1. The molecule has 3 rings (SSSR count). The Labute approximate surface area is 174 Å². The van der Waals surface area contributed by atoms with Crippen molar-refractivity contribution in [1.82, 2.24) is 9.88 Å². The van der Waals surface area contributed by atoms with Gasteiger partial charge in [0, 0.05) is 25.8 Å². The number of aromatic nitrogens is 1. The van der Waals surface area contributed by atoms with E-state index in [0.29, 0.717) is 17.4 Å². The lowest BCUT2D eigenvalue weighted by atomic mass is 10.1. The van der Waals surface area contributed by atoms with Crippen LogP contribution in [0.15, 0.2) is 33.7 Å². The van der Waals surface area contributed by atoms with Gasteiger partial charge in [-0.15, -0.1) is 0 Å². The number of furan rings is 1. The summed E-state index contributed by atoms with van der Waals surface area (Å²) in [5.41, 5.74) is 1.36. The molecule has 0 fully saturated rings. The van der Waals surface area contributed by atoms with Crippen molar-refractivity contribution in [1.29, 1.82) is 0 Å². The average Bonchev–Trinajstić information content (AvgIpc) is 3.10. The maximum atomic E-state index is 14.4. The molecule has 0 saturated heterocycles. The molecular weight excluding hydrogens is 389 g/mol.